The Morgan fingerprint density at radius 3 is 2.83 bits per heavy atom. The largest absolute Gasteiger partial charge is 0.448 e. The predicted molar refractivity (Wildman–Crippen MR) is 97.3 cm³/mol. The van der Waals surface area contributed by atoms with E-state index in [0.717, 1.165) is 18.7 Å². The van der Waals surface area contributed by atoms with Crippen LogP contribution in [0.4, 0.5) is 10.5 Å². The molecule has 0 spiro atoms. The van der Waals surface area contributed by atoms with Gasteiger partial charge in [0.25, 0.3) is 0 Å². The Morgan fingerprint density at radius 2 is 2.08 bits per heavy atom. The predicted octanol–water partition coefficient (Wildman–Crippen LogP) is 3.64. The van der Waals surface area contributed by atoms with Gasteiger partial charge < -0.3 is 9.64 Å². The lowest BCUT2D eigenvalue weighted by Gasteiger charge is -2.46. The molecule has 4 nitrogen and oxygen atoms in total. The molecule has 2 aliphatic rings. The number of carbonyl (C=O) groups excluding carboxylic acids is 1. The third kappa shape index (κ3) is 3.11. The number of para-hydroxylation sites is 1. The van der Waals surface area contributed by atoms with E-state index in [1.807, 2.05) is 42.1 Å². The molecule has 24 heavy (non-hydrogen) atoms. The molecule has 1 heterocycles. The number of fused-ring (bicyclic) bond motifs is 2. The number of ether oxygens (including phenoxy) is 1. The zero-order valence-electron chi connectivity index (χ0n) is 15.0. The van der Waals surface area contributed by atoms with Gasteiger partial charge in [0, 0.05) is 12.0 Å². The van der Waals surface area contributed by atoms with Crippen LogP contribution in [0.1, 0.15) is 19.4 Å². The summed E-state index contributed by atoms with van der Waals surface area (Å²) in [5.74, 6) is 0. The Balaban J connectivity index is 1.95. The molecule has 1 unspecified atom stereocenters. The fraction of sp³-hybridized carbons (Fsp3) is 0.450. The van der Waals surface area contributed by atoms with Gasteiger partial charge in [-0.05, 0) is 37.7 Å². The topological polar surface area (TPSA) is 32.8 Å². The number of nitrogens with zero attached hydrogens (tertiary/aromatic N) is 2. The molecule has 3 rings (SSSR count). The Kier molecular flexibility index (Phi) is 4.50. The summed E-state index contributed by atoms with van der Waals surface area (Å²) in [5, 5.41) is 0. The van der Waals surface area contributed by atoms with Crippen molar-refractivity contribution in [3.05, 3.63) is 53.6 Å². The lowest BCUT2D eigenvalue weighted by molar-refractivity contribution is 0.138. The summed E-state index contributed by atoms with van der Waals surface area (Å²) < 4.78 is 5.59. The maximum absolute atomic E-state index is 12.9. The van der Waals surface area contributed by atoms with Crippen molar-refractivity contribution < 1.29 is 9.53 Å². The molecule has 0 saturated carbocycles. The summed E-state index contributed by atoms with van der Waals surface area (Å²) in [7, 11) is 3.94. The molecule has 1 aliphatic carbocycles. The first-order valence-corrected chi connectivity index (χ1v) is 8.47. The van der Waals surface area contributed by atoms with E-state index in [9.17, 15) is 4.79 Å². The second-order valence-corrected chi connectivity index (χ2v) is 7.42. The molecule has 1 amide bonds. The van der Waals surface area contributed by atoms with E-state index in [-0.39, 0.29) is 17.6 Å². The van der Waals surface area contributed by atoms with Crippen LogP contribution in [0, 0.1) is 5.41 Å². The molecule has 1 aliphatic heterocycles. The highest BCUT2D eigenvalue weighted by Crippen LogP contribution is 2.44. The van der Waals surface area contributed by atoms with Gasteiger partial charge in [-0.1, -0.05) is 50.3 Å². The molecule has 128 valence electrons. The Hall–Kier alpha value is -2.07. The van der Waals surface area contributed by atoms with E-state index in [1.165, 1.54) is 11.1 Å². The molecule has 1 aromatic rings. The summed E-state index contributed by atoms with van der Waals surface area (Å²) in [6, 6.07) is 8.13. The van der Waals surface area contributed by atoms with Crippen molar-refractivity contribution >= 4 is 11.8 Å². The maximum atomic E-state index is 12.9. The number of hydrogen-bond donors (Lipinski definition) is 0. The second-order valence-electron chi connectivity index (χ2n) is 7.42. The molecule has 0 saturated heterocycles. The summed E-state index contributed by atoms with van der Waals surface area (Å²) in [6.07, 6.45) is 7.05. The van der Waals surface area contributed by atoms with Crippen LogP contribution < -0.4 is 4.90 Å². The third-order valence-electron chi connectivity index (χ3n) is 4.76. The van der Waals surface area contributed by atoms with E-state index < -0.39 is 0 Å². The lowest BCUT2D eigenvalue weighted by atomic mass is 9.72. The Bertz CT molecular complexity index is 689. The first-order chi connectivity index (χ1) is 11.4. The second kappa shape index (κ2) is 6.44. The summed E-state index contributed by atoms with van der Waals surface area (Å²) >= 11 is 0. The Labute approximate surface area is 144 Å². The van der Waals surface area contributed by atoms with Gasteiger partial charge in [0.1, 0.15) is 6.61 Å². The zero-order chi connectivity index (χ0) is 17.3. The minimum Gasteiger partial charge on any atom is -0.448 e. The van der Waals surface area contributed by atoms with Gasteiger partial charge in [-0.25, -0.2) is 4.79 Å². The standard InChI is InChI=1S/C20H26N2O2/c1-20(2)11-7-9-16-14-15-8-5-6-10-17(15)22(18(16)20)19(23)24-13-12-21(3)4/h5-11,18H,12-14H2,1-4H3. The molecule has 0 N–H and O–H groups in total. The van der Waals surface area contributed by atoms with Crippen LogP contribution in [0.15, 0.2) is 48.1 Å². The van der Waals surface area contributed by atoms with E-state index >= 15 is 0 Å². The highest BCUT2D eigenvalue weighted by molar-refractivity contribution is 5.91. The third-order valence-corrected chi connectivity index (χ3v) is 4.76. The van der Waals surface area contributed by atoms with Gasteiger partial charge >= 0.3 is 6.09 Å². The molecule has 0 fully saturated rings. The van der Waals surface area contributed by atoms with Crippen LogP contribution >= 0.6 is 0 Å². The number of benzene rings is 1. The highest BCUT2D eigenvalue weighted by Gasteiger charge is 2.43. The molecule has 1 atom stereocenters. The number of amides is 1. The minimum atomic E-state index is -0.261. The number of hydrogen-bond acceptors (Lipinski definition) is 3. The molecule has 4 heteroatoms. The van der Waals surface area contributed by atoms with E-state index in [1.54, 1.807) is 0 Å². The number of rotatable bonds is 3. The molecule has 0 bridgehead atoms. The smallest absolute Gasteiger partial charge is 0.414 e. The van der Waals surface area contributed by atoms with Gasteiger partial charge in [-0.15, -0.1) is 0 Å². The Morgan fingerprint density at radius 1 is 1.33 bits per heavy atom. The van der Waals surface area contributed by atoms with Crippen molar-refractivity contribution in [2.75, 3.05) is 32.1 Å². The van der Waals surface area contributed by atoms with Gasteiger partial charge in [0.15, 0.2) is 0 Å². The minimum absolute atomic E-state index is 0.00394. The number of anilines is 1. The van der Waals surface area contributed by atoms with Crippen molar-refractivity contribution in [3.63, 3.8) is 0 Å². The monoisotopic (exact) mass is 326 g/mol. The number of carbonyl (C=O) groups is 1. The summed E-state index contributed by atoms with van der Waals surface area (Å²) in [5.41, 5.74) is 3.29. The highest BCUT2D eigenvalue weighted by atomic mass is 16.6. The molecule has 0 radical (unpaired) electrons. The first-order valence-electron chi connectivity index (χ1n) is 8.47. The van der Waals surface area contributed by atoms with Crippen molar-refractivity contribution in [3.8, 4) is 0 Å². The van der Waals surface area contributed by atoms with Crippen LogP contribution in [0.3, 0.4) is 0 Å². The fourth-order valence-electron chi connectivity index (χ4n) is 3.58. The van der Waals surface area contributed by atoms with Crippen molar-refractivity contribution in [1.82, 2.24) is 4.90 Å². The average molecular weight is 326 g/mol. The van der Waals surface area contributed by atoms with Crippen LogP contribution in [0.25, 0.3) is 0 Å². The quantitative estimate of drug-likeness (QED) is 0.850. The van der Waals surface area contributed by atoms with Gasteiger partial charge in [-0.3, -0.25) is 4.90 Å². The number of allylic oxidation sites excluding steroid dienone is 2. The number of likely N-dealkylation sites (N-methyl/N-ethyl adjacent to an activating group) is 1. The average Bonchev–Trinajstić information content (AvgIpc) is 2.52. The summed E-state index contributed by atoms with van der Waals surface area (Å²) in [6.45, 7) is 5.47. The van der Waals surface area contributed by atoms with Crippen LogP contribution in [-0.2, 0) is 11.2 Å². The van der Waals surface area contributed by atoms with Crippen molar-refractivity contribution in [2.45, 2.75) is 26.3 Å². The molecule has 1 aromatic carbocycles. The summed E-state index contributed by atoms with van der Waals surface area (Å²) in [4.78, 5) is 16.8. The van der Waals surface area contributed by atoms with E-state index in [4.69, 9.17) is 4.74 Å². The van der Waals surface area contributed by atoms with Gasteiger partial charge in [-0.2, -0.15) is 0 Å². The zero-order valence-corrected chi connectivity index (χ0v) is 15.0. The molecule has 0 aromatic heterocycles. The van der Waals surface area contributed by atoms with E-state index in [0.29, 0.717) is 6.61 Å². The van der Waals surface area contributed by atoms with Crippen LogP contribution in [-0.4, -0.2) is 44.3 Å². The normalized spacial score (nSPS) is 21.1. The van der Waals surface area contributed by atoms with E-state index in [2.05, 4.69) is 38.1 Å². The van der Waals surface area contributed by atoms with Crippen LogP contribution in [0.5, 0.6) is 0 Å². The molecular weight excluding hydrogens is 300 g/mol. The van der Waals surface area contributed by atoms with Crippen molar-refractivity contribution in [2.24, 2.45) is 5.41 Å². The van der Waals surface area contributed by atoms with Crippen LogP contribution in [0.2, 0.25) is 0 Å². The first kappa shape index (κ1) is 16.8. The maximum Gasteiger partial charge on any atom is 0.414 e. The fourth-order valence-corrected chi connectivity index (χ4v) is 3.58. The SMILES string of the molecule is CN(C)CCOC(=O)N1c2ccccc2CC2=CC=CC(C)(C)C21. The lowest BCUT2D eigenvalue weighted by Crippen LogP contribution is -2.53. The van der Waals surface area contributed by atoms with Crippen molar-refractivity contribution in [1.29, 1.82) is 0 Å². The van der Waals surface area contributed by atoms with Gasteiger partial charge in [0.05, 0.1) is 11.7 Å². The molecular formula is C20H26N2O2. The van der Waals surface area contributed by atoms with Gasteiger partial charge in [0.2, 0.25) is 0 Å².